The fourth-order valence-corrected chi connectivity index (χ4v) is 1.95. The number of halogens is 2. The summed E-state index contributed by atoms with van der Waals surface area (Å²) in [7, 11) is 1.30. The topological polar surface area (TPSA) is 38.3 Å². The highest BCUT2D eigenvalue weighted by atomic mass is 35.5. The molecule has 1 N–H and O–H groups in total. The van der Waals surface area contributed by atoms with Gasteiger partial charge in [0.2, 0.25) is 0 Å². The summed E-state index contributed by atoms with van der Waals surface area (Å²) in [6.45, 7) is 0.444. The van der Waals surface area contributed by atoms with E-state index in [4.69, 9.17) is 11.6 Å². The monoisotopic (exact) mass is 293 g/mol. The SMILES string of the molecule is COC(=O)c1cc(NCc2cccc(F)c2)ccc1Cl. The molecule has 0 aliphatic carbocycles. The van der Waals surface area contributed by atoms with Crippen LogP contribution in [-0.4, -0.2) is 13.1 Å². The molecule has 0 unspecified atom stereocenters. The lowest BCUT2D eigenvalue weighted by Crippen LogP contribution is -2.05. The highest BCUT2D eigenvalue weighted by Gasteiger charge is 2.11. The van der Waals surface area contributed by atoms with Crippen LogP contribution in [0.2, 0.25) is 5.02 Å². The van der Waals surface area contributed by atoms with E-state index in [1.807, 2.05) is 6.07 Å². The molecule has 0 amide bonds. The maximum Gasteiger partial charge on any atom is 0.339 e. The summed E-state index contributed by atoms with van der Waals surface area (Å²) in [4.78, 5) is 11.5. The van der Waals surface area contributed by atoms with Gasteiger partial charge in [-0.15, -0.1) is 0 Å². The molecule has 5 heteroatoms. The third kappa shape index (κ3) is 3.48. The van der Waals surface area contributed by atoms with E-state index in [0.717, 1.165) is 5.56 Å². The van der Waals surface area contributed by atoms with Crippen molar-refractivity contribution in [2.75, 3.05) is 12.4 Å². The molecule has 0 aromatic heterocycles. The van der Waals surface area contributed by atoms with Crippen molar-refractivity contribution in [3.8, 4) is 0 Å². The minimum atomic E-state index is -0.496. The van der Waals surface area contributed by atoms with Gasteiger partial charge in [0.1, 0.15) is 5.82 Å². The third-order valence-corrected chi connectivity index (χ3v) is 3.09. The molecule has 0 fully saturated rings. The van der Waals surface area contributed by atoms with Crippen molar-refractivity contribution in [2.45, 2.75) is 6.54 Å². The van der Waals surface area contributed by atoms with Crippen molar-refractivity contribution >= 4 is 23.3 Å². The van der Waals surface area contributed by atoms with Gasteiger partial charge < -0.3 is 10.1 Å². The second-order valence-corrected chi connectivity index (χ2v) is 4.58. The van der Waals surface area contributed by atoms with Crippen molar-refractivity contribution in [1.29, 1.82) is 0 Å². The van der Waals surface area contributed by atoms with Gasteiger partial charge in [0.15, 0.2) is 0 Å². The Kier molecular flexibility index (Phi) is 4.58. The molecular formula is C15H13ClFNO2. The highest BCUT2D eigenvalue weighted by Crippen LogP contribution is 2.21. The summed E-state index contributed by atoms with van der Waals surface area (Å²) in [5, 5.41) is 3.43. The van der Waals surface area contributed by atoms with Crippen LogP contribution in [0.5, 0.6) is 0 Å². The Morgan fingerprint density at radius 2 is 2.10 bits per heavy atom. The van der Waals surface area contributed by atoms with E-state index in [0.29, 0.717) is 22.8 Å². The zero-order valence-corrected chi connectivity index (χ0v) is 11.6. The molecule has 0 heterocycles. The largest absolute Gasteiger partial charge is 0.465 e. The second-order valence-electron chi connectivity index (χ2n) is 4.17. The van der Waals surface area contributed by atoms with Gasteiger partial charge in [-0.05, 0) is 35.9 Å². The van der Waals surface area contributed by atoms with Crippen molar-refractivity contribution in [1.82, 2.24) is 0 Å². The lowest BCUT2D eigenvalue weighted by molar-refractivity contribution is 0.0601. The maximum atomic E-state index is 13.1. The lowest BCUT2D eigenvalue weighted by Gasteiger charge is -2.09. The van der Waals surface area contributed by atoms with E-state index < -0.39 is 5.97 Å². The van der Waals surface area contributed by atoms with Crippen LogP contribution in [0.1, 0.15) is 15.9 Å². The number of hydrogen-bond acceptors (Lipinski definition) is 3. The number of rotatable bonds is 4. The van der Waals surface area contributed by atoms with Gasteiger partial charge in [-0.2, -0.15) is 0 Å². The van der Waals surface area contributed by atoms with E-state index in [9.17, 15) is 9.18 Å². The quantitative estimate of drug-likeness (QED) is 0.870. The van der Waals surface area contributed by atoms with Crippen molar-refractivity contribution in [3.63, 3.8) is 0 Å². The Balaban J connectivity index is 2.12. The van der Waals surface area contributed by atoms with Crippen LogP contribution in [0.4, 0.5) is 10.1 Å². The predicted molar refractivity (Wildman–Crippen MR) is 76.5 cm³/mol. The summed E-state index contributed by atoms with van der Waals surface area (Å²) < 4.78 is 17.7. The summed E-state index contributed by atoms with van der Waals surface area (Å²) >= 11 is 5.93. The van der Waals surface area contributed by atoms with Crippen molar-refractivity contribution in [2.24, 2.45) is 0 Å². The van der Waals surface area contributed by atoms with E-state index >= 15 is 0 Å². The molecule has 0 saturated heterocycles. The molecule has 0 radical (unpaired) electrons. The Labute approximate surface area is 121 Å². The molecule has 20 heavy (non-hydrogen) atoms. The van der Waals surface area contributed by atoms with Gasteiger partial charge in [0, 0.05) is 12.2 Å². The van der Waals surface area contributed by atoms with E-state index in [1.54, 1.807) is 24.3 Å². The van der Waals surface area contributed by atoms with Gasteiger partial charge in [0.05, 0.1) is 17.7 Å². The molecular weight excluding hydrogens is 281 g/mol. The molecule has 0 atom stereocenters. The number of methoxy groups -OCH3 is 1. The number of nitrogens with one attached hydrogen (secondary N) is 1. The first-order valence-corrected chi connectivity index (χ1v) is 6.34. The van der Waals surface area contributed by atoms with Gasteiger partial charge in [-0.3, -0.25) is 0 Å². The van der Waals surface area contributed by atoms with Crippen LogP contribution in [0.15, 0.2) is 42.5 Å². The number of carbonyl (C=O) groups is 1. The first-order valence-electron chi connectivity index (χ1n) is 5.96. The van der Waals surface area contributed by atoms with Crippen LogP contribution < -0.4 is 5.32 Å². The molecule has 0 spiro atoms. The molecule has 0 aliphatic rings. The van der Waals surface area contributed by atoms with Gasteiger partial charge in [-0.25, -0.2) is 9.18 Å². The summed E-state index contributed by atoms with van der Waals surface area (Å²) in [6.07, 6.45) is 0. The Morgan fingerprint density at radius 3 is 2.80 bits per heavy atom. The number of carbonyl (C=O) groups excluding carboxylic acids is 1. The molecule has 3 nitrogen and oxygen atoms in total. The first kappa shape index (κ1) is 14.3. The number of benzene rings is 2. The van der Waals surface area contributed by atoms with Crippen LogP contribution >= 0.6 is 11.6 Å². The maximum absolute atomic E-state index is 13.1. The second kappa shape index (κ2) is 6.39. The molecule has 2 aromatic carbocycles. The smallest absolute Gasteiger partial charge is 0.339 e. The average molecular weight is 294 g/mol. The van der Waals surface area contributed by atoms with Gasteiger partial charge >= 0.3 is 5.97 Å². The standard InChI is InChI=1S/C15H13ClFNO2/c1-20-15(19)13-8-12(5-6-14(13)16)18-9-10-3-2-4-11(17)7-10/h2-8,18H,9H2,1H3. The lowest BCUT2D eigenvalue weighted by atomic mass is 10.2. The Morgan fingerprint density at radius 1 is 1.30 bits per heavy atom. The summed E-state index contributed by atoms with van der Waals surface area (Å²) in [5.41, 5.74) is 1.80. The molecule has 0 saturated carbocycles. The van der Waals surface area contributed by atoms with E-state index in [1.165, 1.54) is 19.2 Å². The Bertz CT molecular complexity index is 631. The highest BCUT2D eigenvalue weighted by molar-refractivity contribution is 6.33. The zero-order valence-electron chi connectivity index (χ0n) is 10.8. The minimum absolute atomic E-state index is 0.282. The fourth-order valence-electron chi connectivity index (χ4n) is 1.75. The van der Waals surface area contributed by atoms with Crippen LogP contribution in [0.25, 0.3) is 0 Å². The van der Waals surface area contributed by atoms with Crippen molar-refractivity contribution in [3.05, 3.63) is 64.4 Å². The van der Waals surface area contributed by atoms with Gasteiger partial charge in [0.25, 0.3) is 0 Å². The minimum Gasteiger partial charge on any atom is -0.465 e. The Hall–Kier alpha value is -2.07. The fraction of sp³-hybridized carbons (Fsp3) is 0.133. The zero-order chi connectivity index (χ0) is 14.5. The number of ether oxygens (including phenoxy) is 1. The number of esters is 1. The molecule has 2 aromatic rings. The normalized spacial score (nSPS) is 10.2. The summed E-state index contributed by atoms with van der Waals surface area (Å²) in [5.74, 6) is -0.778. The molecule has 104 valence electrons. The van der Waals surface area contributed by atoms with Crippen LogP contribution in [-0.2, 0) is 11.3 Å². The molecule has 0 bridgehead atoms. The number of hydrogen-bond donors (Lipinski definition) is 1. The van der Waals surface area contributed by atoms with E-state index in [-0.39, 0.29) is 5.82 Å². The average Bonchev–Trinajstić information content (AvgIpc) is 2.45. The predicted octanol–water partition coefficient (Wildman–Crippen LogP) is 3.88. The first-order chi connectivity index (χ1) is 9.60. The summed E-state index contributed by atoms with van der Waals surface area (Å²) in [6, 6.07) is 11.3. The number of anilines is 1. The van der Waals surface area contributed by atoms with E-state index in [2.05, 4.69) is 10.1 Å². The third-order valence-electron chi connectivity index (χ3n) is 2.76. The molecule has 2 rings (SSSR count). The van der Waals surface area contributed by atoms with Crippen molar-refractivity contribution < 1.29 is 13.9 Å². The van der Waals surface area contributed by atoms with Gasteiger partial charge in [-0.1, -0.05) is 23.7 Å². The molecule has 0 aliphatic heterocycles. The van der Waals surface area contributed by atoms with Crippen LogP contribution in [0, 0.1) is 5.82 Å². The van der Waals surface area contributed by atoms with Crippen LogP contribution in [0.3, 0.4) is 0 Å².